The third kappa shape index (κ3) is 5.16. The van der Waals surface area contributed by atoms with Crippen LogP contribution in [0, 0.1) is 6.92 Å². The first-order chi connectivity index (χ1) is 14.3. The van der Waals surface area contributed by atoms with Crippen LogP contribution in [-0.2, 0) is 9.53 Å². The fourth-order valence-electron chi connectivity index (χ4n) is 2.78. The Kier molecular flexibility index (Phi) is 6.36. The zero-order valence-corrected chi connectivity index (χ0v) is 16.8. The van der Waals surface area contributed by atoms with Gasteiger partial charge in [0.15, 0.2) is 6.61 Å². The summed E-state index contributed by atoms with van der Waals surface area (Å²) in [7, 11) is 0. The monoisotopic (exact) mass is 410 g/mol. The maximum atomic E-state index is 12.4. The van der Waals surface area contributed by atoms with Crippen LogP contribution in [0.15, 0.2) is 52.0 Å². The number of carbonyl (C=O) groups excluding carboxylic acids is 2. The Labute approximate surface area is 173 Å². The van der Waals surface area contributed by atoms with Gasteiger partial charge >= 0.3 is 5.97 Å². The summed E-state index contributed by atoms with van der Waals surface area (Å²) < 4.78 is 16.4. The number of amides is 1. The number of carbonyl (C=O) groups is 2. The maximum absolute atomic E-state index is 12.4. The van der Waals surface area contributed by atoms with Gasteiger partial charge in [0.2, 0.25) is 0 Å². The molecule has 1 aromatic heterocycles. The molecule has 0 radical (unpaired) electrons. The Morgan fingerprint density at radius 2 is 2.03 bits per heavy atom. The van der Waals surface area contributed by atoms with Crippen LogP contribution in [0.3, 0.4) is 0 Å². The predicted octanol–water partition coefficient (Wildman–Crippen LogP) is 3.54. The third-order valence-electron chi connectivity index (χ3n) is 4.03. The molecule has 3 rings (SSSR count). The van der Waals surface area contributed by atoms with Gasteiger partial charge in [-0.1, -0.05) is 12.1 Å². The molecule has 8 heteroatoms. The van der Waals surface area contributed by atoms with Crippen molar-refractivity contribution in [1.82, 2.24) is 5.43 Å². The Morgan fingerprint density at radius 1 is 1.23 bits per heavy atom. The number of phenolic OH excluding ortho intramolecular Hbond substituents is 1. The molecule has 0 spiro atoms. The molecule has 2 aromatic carbocycles. The van der Waals surface area contributed by atoms with Crippen LogP contribution in [0.2, 0.25) is 0 Å². The second kappa shape index (κ2) is 9.13. The van der Waals surface area contributed by atoms with Crippen LogP contribution >= 0.6 is 0 Å². The Morgan fingerprint density at radius 3 is 2.77 bits per heavy atom. The fraction of sp³-hybridized carbons (Fsp3) is 0.227. The van der Waals surface area contributed by atoms with Crippen molar-refractivity contribution in [3.8, 4) is 11.5 Å². The highest BCUT2D eigenvalue weighted by Gasteiger charge is 2.21. The standard InChI is InChI=1S/C22H22N2O6/c1-13(2)29-22(27)21-14(3)30-19-8-7-17(10-18(19)21)28-12-20(26)24-23-11-15-5-4-6-16(25)9-15/h4-11,13,25H,12H2,1-3H3,(H,24,26)/b23-11+. The summed E-state index contributed by atoms with van der Waals surface area (Å²) >= 11 is 0. The van der Waals surface area contributed by atoms with Gasteiger partial charge in [-0.2, -0.15) is 5.10 Å². The van der Waals surface area contributed by atoms with Crippen LogP contribution in [0.5, 0.6) is 11.5 Å². The summed E-state index contributed by atoms with van der Waals surface area (Å²) in [6.45, 7) is 4.96. The van der Waals surface area contributed by atoms with Gasteiger partial charge in [-0.05, 0) is 56.7 Å². The number of esters is 1. The summed E-state index contributed by atoms with van der Waals surface area (Å²) in [5, 5.41) is 13.8. The van der Waals surface area contributed by atoms with E-state index in [1.165, 1.54) is 18.3 Å². The normalized spacial score (nSPS) is 11.2. The molecule has 8 nitrogen and oxygen atoms in total. The third-order valence-corrected chi connectivity index (χ3v) is 4.03. The highest BCUT2D eigenvalue weighted by atomic mass is 16.5. The van der Waals surface area contributed by atoms with E-state index in [1.807, 2.05) is 0 Å². The molecule has 0 fully saturated rings. The topological polar surface area (TPSA) is 110 Å². The Balaban J connectivity index is 1.64. The second-order valence-electron chi connectivity index (χ2n) is 6.82. The largest absolute Gasteiger partial charge is 0.508 e. The van der Waals surface area contributed by atoms with Gasteiger partial charge in [0.25, 0.3) is 5.91 Å². The number of aryl methyl sites for hydroxylation is 1. The average Bonchev–Trinajstić information content (AvgIpc) is 3.01. The van der Waals surface area contributed by atoms with Crippen LogP contribution in [-0.4, -0.2) is 35.9 Å². The average molecular weight is 410 g/mol. The minimum atomic E-state index is -0.475. The number of furan rings is 1. The van der Waals surface area contributed by atoms with E-state index < -0.39 is 11.9 Å². The van der Waals surface area contributed by atoms with Crippen molar-refractivity contribution in [3.05, 3.63) is 59.4 Å². The lowest BCUT2D eigenvalue weighted by Crippen LogP contribution is -2.24. The predicted molar refractivity (Wildman–Crippen MR) is 111 cm³/mol. The van der Waals surface area contributed by atoms with Gasteiger partial charge < -0.3 is 19.0 Å². The fourth-order valence-corrected chi connectivity index (χ4v) is 2.78. The van der Waals surface area contributed by atoms with Crippen molar-refractivity contribution in [2.45, 2.75) is 26.9 Å². The quantitative estimate of drug-likeness (QED) is 0.350. The molecule has 30 heavy (non-hydrogen) atoms. The summed E-state index contributed by atoms with van der Waals surface area (Å²) in [4.78, 5) is 24.3. The van der Waals surface area contributed by atoms with E-state index in [4.69, 9.17) is 13.9 Å². The maximum Gasteiger partial charge on any atom is 0.342 e. The zero-order chi connectivity index (χ0) is 21.7. The number of benzene rings is 2. The molecule has 0 aliphatic carbocycles. The van der Waals surface area contributed by atoms with Gasteiger partial charge in [-0.3, -0.25) is 4.79 Å². The molecule has 1 amide bonds. The zero-order valence-electron chi connectivity index (χ0n) is 16.8. The smallest absolute Gasteiger partial charge is 0.342 e. The number of rotatable bonds is 7. The number of hydrazone groups is 1. The molecule has 156 valence electrons. The lowest BCUT2D eigenvalue weighted by atomic mass is 10.1. The van der Waals surface area contributed by atoms with Crippen molar-refractivity contribution in [2.24, 2.45) is 5.10 Å². The molecule has 0 bridgehead atoms. The molecular formula is C22H22N2O6. The van der Waals surface area contributed by atoms with Gasteiger partial charge in [0.05, 0.1) is 12.3 Å². The minimum Gasteiger partial charge on any atom is -0.508 e. The van der Waals surface area contributed by atoms with E-state index in [-0.39, 0.29) is 18.5 Å². The number of nitrogens with one attached hydrogen (secondary N) is 1. The van der Waals surface area contributed by atoms with E-state index in [1.54, 1.807) is 51.1 Å². The summed E-state index contributed by atoms with van der Waals surface area (Å²) in [5.74, 6) is 0.0164. The molecular weight excluding hydrogens is 388 g/mol. The van der Waals surface area contributed by atoms with Crippen molar-refractivity contribution in [3.63, 3.8) is 0 Å². The van der Waals surface area contributed by atoms with Crippen molar-refractivity contribution in [2.75, 3.05) is 6.61 Å². The van der Waals surface area contributed by atoms with Crippen molar-refractivity contribution in [1.29, 1.82) is 0 Å². The van der Waals surface area contributed by atoms with Crippen LogP contribution < -0.4 is 10.2 Å². The molecule has 0 aliphatic rings. The van der Waals surface area contributed by atoms with E-state index >= 15 is 0 Å². The second-order valence-corrected chi connectivity index (χ2v) is 6.82. The Bertz CT molecular complexity index is 1100. The van der Waals surface area contributed by atoms with Gasteiger partial charge in [-0.15, -0.1) is 0 Å². The van der Waals surface area contributed by atoms with Crippen molar-refractivity contribution >= 4 is 29.1 Å². The number of nitrogens with zero attached hydrogens (tertiary/aromatic N) is 1. The van der Waals surface area contributed by atoms with Gasteiger partial charge in [0.1, 0.15) is 28.4 Å². The number of hydrogen-bond donors (Lipinski definition) is 2. The van der Waals surface area contributed by atoms with Crippen molar-refractivity contribution < 1.29 is 28.6 Å². The van der Waals surface area contributed by atoms with E-state index in [2.05, 4.69) is 10.5 Å². The number of hydrogen-bond acceptors (Lipinski definition) is 7. The lowest BCUT2D eigenvalue weighted by molar-refractivity contribution is -0.123. The highest BCUT2D eigenvalue weighted by molar-refractivity contribution is 6.05. The first kappa shape index (κ1) is 20.9. The van der Waals surface area contributed by atoms with Gasteiger partial charge in [0, 0.05) is 5.39 Å². The molecule has 0 aliphatic heterocycles. The number of phenols is 1. The summed E-state index contributed by atoms with van der Waals surface area (Å²) in [5.41, 5.74) is 3.84. The highest BCUT2D eigenvalue weighted by Crippen LogP contribution is 2.30. The number of aromatic hydroxyl groups is 1. The lowest BCUT2D eigenvalue weighted by Gasteiger charge is -2.08. The van der Waals surface area contributed by atoms with Gasteiger partial charge in [-0.25, -0.2) is 10.2 Å². The summed E-state index contributed by atoms with van der Waals surface area (Å²) in [6.07, 6.45) is 1.15. The molecule has 0 unspecified atom stereocenters. The molecule has 0 saturated heterocycles. The molecule has 0 saturated carbocycles. The SMILES string of the molecule is Cc1oc2ccc(OCC(=O)N/N=C/c3cccc(O)c3)cc2c1C(=O)OC(C)C. The van der Waals surface area contributed by atoms with E-state index in [0.29, 0.717) is 33.6 Å². The first-order valence-electron chi connectivity index (χ1n) is 9.31. The molecule has 0 atom stereocenters. The number of fused-ring (bicyclic) bond motifs is 1. The minimum absolute atomic E-state index is 0.107. The first-order valence-corrected chi connectivity index (χ1v) is 9.31. The Hall–Kier alpha value is -3.81. The van der Waals surface area contributed by atoms with E-state index in [9.17, 15) is 14.7 Å². The number of ether oxygens (including phenoxy) is 2. The van der Waals surface area contributed by atoms with E-state index in [0.717, 1.165) is 0 Å². The van der Waals surface area contributed by atoms with Crippen LogP contribution in [0.25, 0.3) is 11.0 Å². The summed E-state index contributed by atoms with van der Waals surface area (Å²) in [6, 6.07) is 11.4. The molecule has 2 N–H and O–H groups in total. The molecule has 1 heterocycles. The van der Waals surface area contributed by atoms with Crippen LogP contribution in [0.4, 0.5) is 0 Å². The molecule has 3 aromatic rings. The van der Waals surface area contributed by atoms with Crippen LogP contribution in [0.1, 0.15) is 35.5 Å².